The lowest BCUT2D eigenvalue weighted by atomic mass is 10.2. The summed E-state index contributed by atoms with van der Waals surface area (Å²) in [5.74, 6) is 0. The molecule has 0 amide bonds. The van der Waals surface area contributed by atoms with Gasteiger partial charge in [-0.1, -0.05) is 0 Å². The lowest BCUT2D eigenvalue weighted by Gasteiger charge is -2.38. The van der Waals surface area contributed by atoms with Crippen LogP contribution in [0.25, 0.3) is 0 Å². The second-order valence-corrected chi connectivity index (χ2v) is 2.93. The fourth-order valence-electron chi connectivity index (χ4n) is 1.26. The normalized spacial score (nSPS) is 46.4. The third kappa shape index (κ3) is 1.98. The van der Waals surface area contributed by atoms with E-state index in [1.54, 1.807) is 0 Å². The van der Waals surface area contributed by atoms with Gasteiger partial charge in [0.05, 0.1) is 6.61 Å². The summed E-state index contributed by atoms with van der Waals surface area (Å²) in [7, 11) is 1.30. The molecule has 5 atom stereocenters. The predicted molar refractivity (Wildman–Crippen MR) is 40.8 cm³/mol. The van der Waals surface area contributed by atoms with E-state index in [4.69, 9.17) is 14.6 Å². The molecular formula is C7H14O6. The SMILES string of the molecule is CO[C@H]1O[13C@H]([13CH2]O)[13C@H](O)[C@H](O)[C@H]1O. The second-order valence-electron chi connectivity index (χ2n) is 2.93. The molecule has 1 fully saturated rings. The minimum atomic E-state index is -1.36. The fourth-order valence-corrected chi connectivity index (χ4v) is 1.26. The maximum atomic E-state index is 9.28. The van der Waals surface area contributed by atoms with E-state index in [-0.39, 0.29) is 0 Å². The summed E-state index contributed by atoms with van der Waals surface area (Å²) < 4.78 is 9.65. The molecule has 0 aromatic heterocycles. The quantitative estimate of drug-likeness (QED) is 0.363. The number of aliphatic hydroxyl groups is 4. The molecule has 0 aromatic rings. The van der Waals surface area contributed by atoms with Crippen molar-refractivity contribution in [1.29, 1.82) is 0 Å². The molecule has 1 heterocycles. The summed E-state index contributed by atoms with van der Waals surface area (Å²) in [5.41, 5.74) is 0. The Hall–Kier alpha value is -0.240. The molecule has 1 rings (SSSR count). The molecule has 0 spiro atoms. The summed E-state index contributed by atoms with van der Waals surface area (Å²) in [5, 5.41) is 36.6. The van der Waals surface area contributed by atoms with E-state index in [0.29, 0.717) is 0 Å². The van der Waals surface area contributed by atoms with E-state index in [2.05, 4.69) is 0 Å². The van der Waals surface area contributed by atoms with E-state index in [9.17, 15) is 15.3 Å². The smallest absolute Gasteiger partial charge is 0.186 e. The molecule has 0 aliphatic carbocycles. The highest BCUT2D eigenvalue weighted by molar-refractivity contribution is 4.88. The van der Waals surface area contributed by atoms with E-state index < -0.39 is 37.3 Å². The predicted octanol–water partition coefficient (Wildman–Crippen LogP) is -2.57. The van der Waals surface area contributed by atoms with Crippen LogP contribution >= 0.6 is 0 Å². The van der Waals surface area contributed by atoms with Gasteiger partial charge < -0.3 is 29.9 Å². The van der Waals surface area contributed by atoms with Crippen molar-refractivity contribution >= 4 is 0 Å². The molecule has 1 aliphatic heterocycles. The highest BCUT2D eigenvalue weighted by Crippen LogP contribution is 2.20. The van der Waals surface area contributed by atoms with Crippen LogP contribution in [0.1, 0.15) is 0 Å². The Morgan fingerprint density at radius 1 is 1.15 bits per heavy atom. The van der Waals surface area contributed by atoms with Gasteiger partial charge in [0.15, 0.2) is 6.29 Å². The third-order valence-electron chi connectivity index (χ3n) is 2.08. The molecular weight excluding hydrogens is 183 g/mol. The summed E-state index contributed by atoms with van der Waals surface area (Å²) in [6.07, 6.45) is -5.91. The van der Waals surface area contributed by atoms with Crippen LogP contribution in [0.3, 0.4) is 0 Å². The number of methoxy groups -OCH3 is 1. The maximum Gasteiger partial charge on any atom is 0.186 e. The van der Waals surface area contributed by atoms with Gasteiger partial charge in [0.1, 0.15) is 24.4 Å². The van der Waals surface area contributed by atoms with Crippen molar-refractivity contribution in [2.24, 2.45) is 0 Å². The molecule has 1 aliphatic rings. The molecule has 0 radical (unpaired) electrons. The van der Waals surface area contributed by atoms with Gasteiger partial charge >= 0.3 is 0 Å². The van der Waals surface area contributed by atoms with Crippen molar-refractivity contribution in [2.75, 3.05) is 13.7 Å². The van der Waals surface area contributed by atoms with Crippen molar-refractivity contribution in [3.05, 3.63) is 0 Å². The molecule has 1 saturated heterocycles. The summed E-state index contributed by atoms with van der Waals surface area (Å²) in [4.78, 5) is 0. The highest BCUT2D eigenvalue weighted by Gasteiger charge is 2.43. The lowest BCUT2D eigenvalue weighted by Crippen LogP contribution is -2.58. The van der Waals surface area contributed by atoms with Gasteiger partial charge in [0, 0.05) is 7.11 Å². The van der Waals surface area contributed by atoms with Gasteiger partial charge in [-0.2, -0.15) is 0 Å². The Bertz CT molecular complexity index is 143. The standard InChI is InChI=1S/C7H14O6/c1-12-7-6(11)5(10)4(9)3(2-8)13-7/h3-11H,2H2,1H3/t3-,4+,5+,6-,7+/m1/s1/i2+1,3+1,4+1. The molecule has 0 aromatic carbocycles. The zero-order chi connectivity index (χ0) is 10.0. The largest absolute Gasteiger partial charge is 0.394 e. The molecule has 0 saturated carbocycles. The van der Waals surface area contributed by atoms with Crippen molar-refractivity contribution in [3.8, 4) is 0 Å². The second kappa shape index (κ2) is 4.32. The first kappa shape index (κ1) is 10.8. The molecule has 4 N–H and O–H groups in total. The lowest BCUT2D eigenvalue weighted by molar-refractivity contribution is -0.294. The van der Waals surface area contributed by atoms with E-state index in [1.807, 2.05) is 0 Å². The van der Waals surface area contributed by atoms with Crippen LogP contribution in [0.15, 0.2) is 0 Å². The Balaban J connectivity index is 2.66. The van der Waals surface area contributed by atoms with E-state index in [1.165, 1.54) is 7.11 Å². The molecule has 0 unspecified atom stereocenters. The van der Waals surface area contributed by atoms with Gasteiger partial charge in [-0.25, -0.2) is 0 Å². The van der Waals surface area contributed by atoms with Crippen LogP contribution in [0.5, 0.6) is 0 Å². The average molecular weight is 197 g/mol. The van der Waals surface area contributed by atoms with Crippen molar-refractivity contribution in [1.82, 2.24) is 0 Å². The van der Waals surface area contributed by atoms with Crippen LogP contribution in [0, 0.1) is 0 Å². The van der Waals surface area contributed by atoms with Crippen molar-refractivity contribution in [3.63, 3.8) is 0 Å². The minimum absolute atomic E-state index is 0.440. The number of ether oxygens (including phenoxy) is 2. The van der Waals surface area contributed by atoms with Gasteiger partial charge in [0.25, 0.3) is 0 Å². The Labute approximate surface area is 75.3 Å². The van der Waals surface area contributed by atoms with Crippen LogP contribution in [-0.2, 0) is 9.47 Å². The molecule has 78 valence electrons. The van der Waals surface area contributed by atoms with Crippen LogP contribution in [0.2, 0.25) is 0 Å². The van der Waals surface area contributed by atoms with Crippen LogP contribution < -0.4 is 0 Å². The first-order valence-corrected chi connectivity index (χ1v) is 3.95. The number of aliphatic hydroxyl groups excluding tert-OH is 4. The Kier molecular flexibility index (Phi) is 3.60. The third-order valence-corrected chi connectivity index (χ3v) is 2.08. The van der Waals surface area contributed by atoms with Gasteiger partial charge in [-0.3, -0.25) is 0 Å². The molecule has 6 heteroatoms. The van der Waals surface area contributed by atoms with Gasteiger partial charge in [0.2, 0.25) is 0 Å². The molecule has 0 bridgehead atoms. The fraction of sp³-hybridized carbons (Fsp3) is 1.00. The Morgan fingerprint density at radius 2 is 1.77 bits per heavy atom. The molecule has 6 nitrogen and oxygen atoms in total. The topological polar surface area (TPSA) is 99.4 Å². The maximum absolute atomic E-state index is 9.28. The molecule has 13 heavy (non-hydrogen) atoms. The summed E-state index contributed by atoms with van der Waals surface area (Å²) in [6, 6.07) is 0. The zero-order valence-electron chi connectivity index (χ0n) is 7.20. The van der Waals surface area contributed by atoms with Crippen molar-refractivity contribution in [2.45, 2.75) is 30.7 Å². The number of hydrogen-bond acceptors (Lipinski definition) is 6. The number of rotatable bonds is 2. The van der Waals surface area contributed by atoms with Gasteiger partial charge in [-0.05, 0) is 0 Å². The highest BCUT2D eigenvalue weighted by atomic mass is 16.8. The minimum Gasteiger partial charge on any atom is -0.394 e. The number of hydrogen-bond donors (Lipinski definition) is 4. The first-order valence-electron chi connectivity index (χ1n) is 3.95. The van der Waals surface area contributed by atoms with E-state index >= 15 is 0 Å². The van der Waals surface area contributed by atoms with Crippen LogP contribution in [-0.4, -0.2) is 64.8 Å². The summed E-state index contributed by atoms with van der Waals surface area (Å²) >= 11 is 0. The Morgan fingerprint density at radius 3 is 2.23 bits per heavy atom. The zero-order valence-corrected chi connectivity index (χ0v) is 7.20. The van der Waals surface area contributed by atoms with Gasteiger partial charge in [-0.15, -0.1) is 0 Å². The van der Waals surface area contributed by atoms with Crippen molar-refractivity contribution < 1.29 is 29.9 Å². The monoisotopic (exact) mass is 197 g/mol. The average Bonchev–Trinajstić information content (AvgIpc) is 2.15. The first-order chi connectivity index (χ1) is 6.11. The van der Waals surface area contributed by atoms with E-state index in [0.717, 1.165) is 0 Å². The summed E-state index contributed by atoms with van der Waals surface area (Å²) in [6.45, 7) is -0.440. The van der Waals surface area contributed by atoms with Crippen LogP contribution in [0.4, 0.5) is 0 Å².